The van der Waals surface area contributed by atoms with E-state index in [0.717, 1.165) is 42.9 Å². The number of rotatable bonds is 27. The monoisotopic (exact) mass is 769 g/mol. The third kappa shape index (κ3) is 25.4. The van der Waals surface area contributed by atoms with Crippen molar-refractivity contribution in [1.29, 1.82) is 0 Å². The summed E-state index contributed by atoms with van der Waals surface area (Å²) in [6, 6.07) is 0. The molecule has 42 heavy (non-hydrogen) atoms. The van der Waals surface area contributed by atoms with Crippen LogP contribution in [-0.2, 0) is 25.9 Å². The Morgan fingerprint density at radius 3 is 1.29 bits per heavy atom. The molecule has 0 amide bonds. The summed E-state index contributed by atoms with van der Waals surface area (Å²) in [5.41, 5.74) is 0. The van der Waals surface area contributed by atoms with Gasteiger partial charge in [-0.3, -0.25) is 4.79 Å². The van der Waals surface area contributed by atoms with Crippen LogP contribution in [0.1, 0.15) is 201 Å². The Morgan fingerprint density at radius 1 is 0.548 bits per heavy atom. The zero-order chi connectivity index (χ0) is 29.7. The van der Waals surface area contributed by atoms with Crippen molar-refractivity contribution in [2.24, 2.45) is 23.7 Å². The van der Waals surface area contributed by atoms with E-state index in [-0.39, 0.29) is 26.5 Å². The quantitative estimate of drug-likeness (QED) is 0.0816. The zero-order valence-corrected chi connectivity index (χ0v) is 31.8. The summed E-state index contributed by atoms with van der Waals surface area (Å²) in [5.74, 6) is 3.12. The first kappa shape index (κ1) is 46.5. The SMILES string of the molecule is CC.CCCCCCCCC1C(CCCCCC)CCC(CCCCCCCO)C1CCCCCCCC(=O)O.O.[W]. The minimum absolute atomic E-state index is 0. The maximum Gasteiger partial charge on any atom is 0.303 e. The molecule has 4 nitrogen and oxygen atoms in total. The molecule has 0 aromatic carbocycles. The van der Waals surface area contributed by atoms with Gasteiger partial charge in [-0.25, -0.2) is 0 Å². The van der Waals surface area contributed by atoms with Gasteiger partial charge in [0, 0.05) is 34.1 Å². The van der Waals surface area contributed by atoms with Gasteiger partial charge in [0.15, 0.2) is 0 Å². The number of hydrogen-bond donors (Lipinski definition) is 2. The van der Waals surface area contributed by atoms with Gasteiger partial charge in [0.05, 0.1) is 0 Å². The first-order valence-corrected chi connectivity index (χ1v) is 18.5. The van der Waals surface area contributed by atoms with Gasteiger partial charge >= 0.3 is 5.97 Å². The molecule has 4 atom stereocenters. The molecule has 4 unspecified atom stereocenters. The molecule has 1 saturated carbocycles. The molecule has 1 rings (SSSR count). The number of aliphatic hydroxyl groups is 1. The first-order chi connectivity index (χ1) is 19.6. The van der Waals surface area contributed by atoms with Gasteiger partial charge in [0.2, 0.25) is 0 Å². The van der Waals surface area contributed by atoms with Crippen LogP contribution in [0.25, 0.3) is 0 Å². The molecule has 5 heteroatoms. The molecule has 0 bridgehead atoms. The average molecular weight is 769 g/mol. The van der Waals surface area contributed by atoms with Crippen LogP contribution in [0.5, 0.6) is 0 Å². The molecule has 0 radical (unpaired) electrons. The average Bonchev–Trinajstić information content (AvgIpc) is 2.96. The van der Waals surface area contributed by atoms with Crippen molar-refractivity contribution in [2.75, 3.05) is 6.61 Å². The fourth-order valence-corrected chi connectivity index (χ4v) is 7.40. The summed E-state index contributed by atoms with van der Waals surface area (Å²) in [6.45, 7) is 8.99. The van der Waals surface area contributed by atoms with Crippen LogP contribution in [0.3, 0.4) is 0 Å². The number of unbranched alkanes of at least 4 members (excludes halogenated alkanes) is 16. The van der Waals surface area contributed by atoms with Crippen molar-refractivity contribution < 1.29 is 41.5 Å². The van der Waals surface area contributed by atoms with E-state index in [9.17, 15) is 4.79 Å². The molecular formula is C37H76O4W. The minimum atomic E-state index is -0.645. The first-order valence-electron chi connectivity index (χ1n) is 18.5. The summed E-state index contributed by atoms with van der Waals surface area (Å²) >= 11 is 0. The largest absolute Gasteiger partial charge is 0.481 e. The Kier molecular flexibility index (Phi) is 39.4. The number of carboxylic acid groups (broad SMARTS) is 1. The van der Waals surface area contributed by atoms with Crippen molar-refractivity contribution in [3.05, 3.63) is 0 Å². The Hall–Kier alpha value is 0.0783. The van der Waals surface area contributed by atoms with Gasteiger partial charge in [-0.1, -0.05) is 156 Å². The van der Waals surface area contributed by atoms with Gasteiger partial charge in [0.25, 0.3) is 0 Å². The standard InChI is InChI=1S/C35H68O3.C2H6.H2O.W/c1-3-5-7-9-13-19-25-33-31(23-17-8-6-4-2)28-29-32(24-18-12-11-16-22-30-36)34(33)26-20-14-10-15-21-27-35(37)38;1-2;;/h31-34,36H,3-30H2,1-2H3,(H,37,38);1-2H3;1H2;. The number of aliphatic carboxylic acids is 1. The predicted octanol–water partition coefficient (Wildman–Crippen LogP) is 11.3. The summed E-state index contributed by atoms with van der Waals surface area (Å²) in [7, 11) is 0. The molecule has 1 aliphatic rings. The minimum Gasteiger partial charge on any atom is -0.481 e. The molecule has 0 saturated heterocycles. The maximum absolute atomic E-state index is 10.8. The van der Waals surface area contributed by atoms with Crippen molar-refractivity contribution in [1.82, 2.24) is 0 Å². The number of hydrogen-bond acceptors (Lipinski definition) is 2. The predicted molar refractivity (Wildman–Crippen MR) is 180 cm³/mol. The third-order valence-corrected chi connectivity index (χ3v) is 9.65. The van der Waals surface area contributed by atoms with Crippen LogP contribution in [0.4, 0.5) is 0 Å². The van der Waals surface area contributed by atoms with Gasteiger partial charge in [-0.2, -0.15) is 0 Å². The van der Waals surface area contributed by atoms with Crippen LogP contribution in [0.15, 0.2) is 0 Å². The molecule has 1 aliphatic carbocycles. The van der Waals surface area contributed by atoms with Crippen LogP contribution >= 0.6 is 0 Å². The Balaban J connectivity index is -0.00000371. The van der Waals surface area contributed by atoms with E-state index in [0.29, 0.717) is 13.0 Å². The fourth-order valence-electron chi connectivity index (χ4n) is 7.40. The van der Waals surface area contributed by atoms with Crippen LogP contribution in [0, 0.1) is 23.7 Å². The third-order valence-electron chi connectivity index (χ3n) is 9.65. The Morgan fingerprint density at radius 2 is 0.881 bits per heavy atom. The molecule has 0 spiro atoms. The molecule has 1 fully saturated rings. The van der Waals surface area contributed by atoms with E-state index in [1.807, 2.05) is 13.8 Å². The molecule has 0 aromatic rings. The summed E-state index contributed by atoms with van der Waals surface area (Å²) in [4.78, 5) is 10.8. The van der Waals surface area contributed by atoms with Crippen LogP contribution in [-0.4, -0.2) is 28.3 Å². The normalized spacial score (nSPS) is 19.7. The number of carbonyl (C=O) groups is 1. The molecule has 0 aliphatic heterocycles. The van der Waals surface area contributed by atoms with Crippen molar-refractivity contribution >= 4 is 5.97 Å². The Bertz CT molecular complexity index is 530. The van der Waals surface area contributed by atoms with Gasteiger partial charge in [-0.15, -0.1) is 0 Å². The second-order valence-corrected chi connectivity index (χ2v) is 12.8. The second kappa shape index (κ2) is 35.6. The van der Waals surface area contributed by atoms with E-state index in [2.05, 4.69) is 13.8 Å². The van der Waals surface area contributed by atoms with Crippen molar-refractivity contribution in [2.45, 2.75) is 201 Å². The summed E-state index contributed by atoms with van der Waals surface area (Å²) < 4.78 is 0. The zero-order valence-electron chi connectivity index (χ0n) is 28.8. The topological polar surface area (TPSA) is 89.0 Å². The number of carboxylic acids is 1. The second-order valence-electron chi connectivity index (χ2n) is 12.8. The van der Waals surface area contributed by atoms with E-state index in [4.69, 9.17) is 10.2 Å². The molecular weight excluding hydrogens is 692 g/mol. The van der Waals surface area contributed by atoms with E-state index < -0.39 is 5.97 Å². The van der Waals surface area contributed by atoms with E-state index in [1.54, 1.807) is 0 Å². The molecule has 254 valence electrons. The van der Waals surface area contributed by atoms with Gasteiger partial charge < -0.3 is 15.7 Å². The molecule has 0 heterocycles. The fraction of sp³-hybridized carbons (Fsp3) is 0.973. The maximum atomic E-state index is 10.8. The Labute approximate surface area is 277 Å². The summed E-state index contributed by atoms with van der Waals surface area (Å²) in [5, 5.41) is 18.0. The number of aliphatic hydroxyl groups excluding tert-OH is 1. The molecule has 0 aromatic heterocycles. The molecule has 4 N–H and O–H groups in total. The van der Waals surface area contributed by atoms with Crippen LogP contribution < -0.4 is 0 Å². The van der Waals surface area contributed by atoms with Gasteiger partial charge in [0.1, 0.15) is 0 Å². The van der Waals surface area contributed by atoms with Crippen molar-refractivity contribution in [3.8, 4) is 0 Å². The van der Waals surface area contributed by atoms with Crippen molar-refractivity contribution in [3.63, 3.8) is 0 Å². The van der Waals surface area contributed by atoms with Crippen LogP contribution in [0.2, 0.25) is 0 Å². The van der Waals surface area contributed by atoms with Gasteiger partial charge in [-0.05, 0) is 62.2 Å². The van der Waals surface area contributed by atoms with E-state index >= 15 is 0 Å². The summed E-state index contributed by atoms with van der Waals surface area (Å²) in [6.07, 6.45) is 35.1. The van der Waals surface area contributed by atoms with E-state index in [1.165, 1.54) is 148 Å². The smallest absolute Gasteiger partial charge is 0.303 e.